The lowest BCUT2D eigenvalue weighted by Crippen LogP contribution is -1.80. The van der Waals surface area contributed by atoms with Gasteiger partial charge in [-0.05, 0) is 28.1 Å². The minimum atomic E-state index is -0.261. The molecule has 0 bridgehead atoms. The van der Waals surface area contributed by atoms with Gasteiger partial charge in [0.05, 0.1) is 11.9 Å². The molecule has 3 rings (SSSR count). The maximum absolute atomic E-state index is 13.0. The molecule has 0 aliphatic heterocycles. The molecule has 0 saturated carbocycles. The highest BCUT2D eigenvalue weighted by atomic mass is 79.9. The van der Waals surface area contributed by atoms with Crippen molar-refractivity contribution >= 4 is 32.2 Å². The van der Waals surface area contributed by atoms with Gasteiger partial charge in [0.25, 0.3) is 0 Å². The molecule has 0 N–H and O–H groups in total. The van der Waals surface area contributed by atoms with Gasteiger partial charge in [-0.25, -0.2) is 13.9 Å². The molecular weight excluding hydrogens is 293 g/mol. The second-order valence-electron chi connectivity index (χ2n) is 3.22. The van der Waals surface area contributed by atoms with Crippen LogP contribution in [0.4, 0.5) is 4.39 Å². The highest BCUT2D eigenvalue weighted by molar-refractivity contribution is 9.11. The monoisotopic (exact) mass is 297 g/mol. The first-order valence-corrected chi connectivity index (χ1v) is 6.11. The molecule has 0 unspecified atom stereocenters. The van der Waals surface area contributed by atoms with Crippen LogP contribution in [0.5, 0.6) is 0 Å². The molecule has 0 fully saturated rings. The van der Waals surface area contributed by atoms with E-state index in [0.717, 1.165) is 20.1 Å². The molecule has 0 spiro atoms. The Bertz CT molecular complexity index is 629. The van der Waals surface area contributed by atoms with Crippen molar-refractivity contribution in [2.45, 2.75) is 0 Å². The Labute approximate surface area is 103 Å². The summed E-state index contributed by atoms with van der Waals surface area (Å²) in [7, 11) is 0. The molecule has 0 aliphatic carbocycles. The third kappa shape index (κ3) is 1.64. The average Bonchev–Trinajstić information content (AvgIpc) is 2.74. The average molecular weight is 298 g/mol. The lowest BCUT2D eigenvalue weighted by atomic mass is 10.2. The second kappa shape index (κ2) is 3.64. The lowest BCUT2D eigenvalue weighted by molar-refractivity contribution is 0.628. The van der Waals surface area contributed by atoms with Crippen LogP contribution in [-0.4, -0.2) is 14.6 Å². The number of nitrogens with zero attached hydrogens (tertiary/aromatic N) is 3. The van der Waals surface area contributed by atoms with Gasteiger partial charge in [0, 0.05) is 5.56 Å². The summed E-state index contributed by atoms with van der Waals surface area (Å²) in [5, 5.41) is 4.18. The number of rotatable bonds is 1. The van der Waals surface area contributed by atoms with Crippen molar-refractivity contribution in [1.29, 1.82) is 0 Å². The predicted octanol–water partition coefficient (Wildman–Crippen LogP) is 3.36. The van der Waals surface area contributed by atoms with Crippen molar-refractivity contribution in [2.75, 3.05) is 0 Å². The van der Waals surface area contributed by atoms with Gasteiger partial charge >= 0.3 is 0 Å². The molecule has 0 radical (unpaired) electrons. The van der Waals surface area contributed by atoms with Crippen molar-refractivity contribution in [2.24, 2.45) is 0 Å². The summed E-state index contributed by atoms with van der Waals surface area (Å²) in [6, 6.07) is 6.37. The Balaban J connectivity index is 2.15. The third-order valence-corrected chi connectivity index (χ3v) is 3.49. The Morgan fingerprint density at radius 2 is 2.25 bits per heavy atom. The van der Waals surface area contributed by atoms with Crippen LogP contribution in [0, 0.1) is 5.82 Å². The van der Waals surface area contributed by atoms with Gasteiger partial charge in [0.15, 0.2) is 3.92 Å². The van der Waals surface area contributed by atoms with E-state index < -0.39 is 0 Å². The van der Waals surface area contributed by atoms with E-state index in [1.165, 1.54) is 23.5 Å². The van der Waals surface area contributed by atoms with Crippen molar-refractivity contribution in [3.63, 3.8) is 0 Å². The zero-order valence-electron chi connectivity index (χ0n) is 7.89. The molecule has 2 aromatic heterocycles. The van der Waals surface area contributed by atoms with Gasteiger partial charge in [-0.3, -0.25) is 0 Å². The standard InChI is InChI=1S/C10H5BrFN3S/c11-9-14-15-5-8(13-10(15)16-9)6-2-1-3-7(12)4-6/h1-5H. The summed E-state index contributed by atoms with van der Waals surface area (Å²) >= 11 is 4.72. The lowest BCUT2D eigenvalue weighted by Gasteiger charge is -1.94. The maximum atomic E-state index is 13.0. The van der Waals surface area contributed by atoms with E-state index in [0.29, 0.717) is 0 Å². The number of benzene rings is 1. The van der Waals surface area contributed by atoms with Crippen LogP contribution >= 0.6 is 27.3 Å². The van der Waals surface area contributed by atoms with Gasteiger partial charge in [-0.1, -0.05) is 23.5 Å². The van der Waals surface area contributed by atoms with Gasteiger partial charge in [-0.15, -0.1) is 5.10 Å². The highest BCUT2D eigenvalue weighted by Crippen LogP contribution is 2.24. The molecule has 1 aromatic carbocycles. The number of hydrogen-bond acceptors (Lipinski definition) is 3. The maximum Gasteiger partial charge on any atom is 0.213 e. The molecule has 3 nitrogen and oxygen atoms in total. The van der Waals surface area contributed by atoms with Crippen molar-refractivity contribution in [3.8, 4) is 11.3 Å². The van der Waals surface area contributed by atoms with Gasteiger partial charge in [-0.2, -0.15) is 0 Å². The molecule has 80 valence electrons. The fourth-order valence-corrected chi connectivity index (χ4v) is 2.68. The molecule has 0 saturated heterocycles. The predicted molar refractivity (Wildman–Crippen MR) is 64.0 cm³/mol. The number of imidazole rings is 1. The number of hydrogen-bond donors (Lipinski definition) is 0. The van der Waals surface area contributed by atoms with Crippen LogP contribution in [0.15, 0.2) is 34.4 Å². The van der Waals surface area contributed by atoms with E-state index in [2.05, 4.69) is 26.0 Å². The first kappa shape index (κ1) is 9.92. The summed E-state index contributed by atoms with van der Waals surface area (Å²) in [5.41, 5.74) is 1.49. The largest absolute Gasteiger partial charge is 0.217 e. The Morgan fingerprint density at radius 1 is 1.38 bits per heavy atom. The van der Waals surface area contributed by atoms with Crippen LogP contribution in [0.25, 0.3) is 16.2 Å². The van der Waals surface area contributed by atoms with Gasteiger partial charge < -0.3 is 0 Å². The van der Waals surface area contributed by atoms with Gasteiger partial charge in [0.2, 0.25) is 4.96 Å². The molecule has 16 heavy (non-hydrogen) atoms. The fraction of sp³-hybridized carbons (Fsp3) is 0. The first-order valence-electron chi connectivity index (χ1n) is 4.50. The zero-order chi connectivity index (χ0) is 11.1. The second-order valence-corrected chi connectivity index (χ2v) is 5.45. The van der Waals surface area contributed by atoms with Crippen molar-refractivity contribution < 1.29 is 4.39 Å². The van der Waals surface area contributed by atoms with Crippen LogP contribution in [-0.2, 0) is 0 Å². The van der Waals surface area contributed by atoms with E-state index in [1.807, 2.05) is 6.07 Å². The van der Waals surface area contributed by atoms with E-state index >= 15 is 0 Å². The molecule has 3 aromatic rings. The molecule has 0 amide bonds. The van der Waals surface area contributed by atoms with E-state index in [-0.39, 0.29) is 5.82 Å². The highest BCUT2D eigenvalue weighted by Gasteiger charge is 2.08. The van der Waals surface area contributed by atoms with Gasteiger partial charge in [0.1, 0.15) is 5.82 Å². The molecule has 6 heteroatoms. The van der Waals surface area contributed by atoms with E-state index in [9.17, 15) is 4.39 Å². The summed E-state index contributed by atoms with van der Waals surface area (Å²) < 4.78 is 15.5. The summed E-state index contributed by atoms with van der Waals surface area (Å²) in [6.07, 6.45) is 1.78. The Morgan fingerprint density at radius 3 is 3.00 bits per heavy atom. The molecule has 2 heterocycles. The van der Waals surface area contributed by atoms with Crippen LogP contribution in [0.2, 0.25) is 0 Å². The summed E-state index contributed by atoms with van der Waals surface area (Å²) in [4.78, 5) is 5.15. The normalized spacial score (nSPS) is 11.1. The van der Waals surface area contributed by atoms with Crippen molar-refractivity contribution in [3.05, 3.63) is 40.2 Å². The smallest absolute Gasteiger partial charge is 0.213 e. The summed E-state index contributed by atoms with van der Waals surface area (Å²) in [5.74, 6) is -0.261. The van der Waals surface area contributed by atoms with Crippen LogP contribution in [0.1, 0.15) is 0 Å². The van der Waals surface area contributed by atoms with Crippen LogP contribution in [0.3, 0.4) is 0 Å². The molecule has 0 aliphatic rings. The fourth-order valence-electron chi connectivity index (χ4n) is 1.46. The third-order valence-electron chi connectivity index (χ3n) is 2.14. The van der Waals surface area contributed by atoms with E-state index in [4.69, 9.17) is 0 Å². The number of aromatic nitrogens is 3. The van der Waals surface area contributed by atoms with Crippen LogP contribution < -0.4 is 0 Å². The Kier molecular flexibility index (Phi) is 2.26. The minimum absolute atomic E-state index is 0.261. The zero-order valence-corrected chi connectivity index (χ0v) is 10.3. The topological polar surface area (TPSA) is 30.2 Å². The minimum Gasteiger partial charge on any atom is -0.217 e. The number of halogens is 2. The number of fused-ring (bicyclic) bond motifs is 1. The first-order chi connectivity index (χ1) is 7.72. The Hall–Kier alpha value is -1.27. The van der Waals surface area contributed by atoms with Crippen molar-refractivity contribution in [1.82, 2.24) is 14.6 Å². The SMILES string of the molecule is Fc1cccc(-c2cn3nc(Br)sc3n2)c1. The summed E-state index contributed by atoms with van der Waals surface area (Å²) in [6.45, 7) is 0. The quantitative estimate of drug-likeness (QED) is 0.689. The molecular formula is C10H5BrFN3S. The van der Waals surface area contributed by atoms with E-state index in [1.54, 1.807) is 16.8 Å². The molecule has 0 atom stereocenters.